The summed E-state index contributed by atoms with van der Waals surface area (Å²) in [5.41, 5.74) is 4.14. The maximum Gasteiger partial charge on any atom is 0.192 e. The number of thiocarbonyl (C=S) groups is 1. The minimum Gasteiger partial charge on any atom is -0.493 e. The normalized spacial score (nSPS) is 13.3. The van der Waals surface area contributed by atoms with Gasteiger partial charge in [0.2, 0.25) is 0 Å². The van der Waals surface area contributed by atoms with E-state index >= 15 is 0 Å². The zero-order valence-electron chi connectivity index (χ0n) is 13.6. The molecule has 0 spiro atoms. The summed E-state index contributed by atoms with van der Waals surface area (Å²) in [6.45, 7) is 8.99. The molecule has 1 heterocycles. The molecular formula is C17H22O3S2. The molecular weight excluding hydrogens is 316 g/mol. The minimum atomic E-state index is 0.0544. The summed E-state index contributed by atoms with van der Waals surface area (Å²) in [6, 6.07) is 0. The molecule has 0 fully saturated rings. The van der Waals surface area contributed by atoms with Gasteiger partial charge in [-0.15, -0.1) is 0 Å². The van der Waals surface area contributed by atoms with Crippen LogP contribution in [0.4, 0.5) is 0 Å². The summed E-state index contributed by atoms with van der Waals surface area (Å²) in [7, 11) is 0. The maximum atomic E-state index is 11.7. The van der Waals surface area contributed by atoms with E-state index in [2.05, 4.69) is 0 Å². The highest BCUT2D eigenvalue weighted by Gasteiger charge is 2.26. The van der Waals surface area contributed by atoms with Gasteiger partial charge in [0.1, 0.15) is 5.75 Å². The second kappa shape index (κ2) is 7.47. The molecule has 1 aliphatic heterocycles. The molecule has 0 N–H and O–H groups in total. The van der Waals surface area contributed by atoms with Crippen molar-refractivity contribution in [3.8, 4) is 5.75 Å². The van der Waals surface area contributed by atoms with Crippen LogP contribution in [0.15, 0.2) is 4.90 Å². The van der Waals surface area contributed by atoms with Gasteiger partial charge < -0.3 is 9.47 Å². The van der Waals surface area contributed by atoms with Crippen molar-refractivity contribution >= 4 is 34.1 Å². The molecule has 120 valence electrons. The Morgan fingerprint density at radius 2 is 2.09 bits per heavy atom. The highest BCUT2D eigenvalue weighted by Crippen LogP contribution is 2.41. The molecule has 0 aromatic heterocycles. The second-order valence-electron chi connectivity index (χ2n) is 5.44. The molecule has 0 amide bonds. The van der Waals surface area contributed by atoms with Gasteiger partial charge in [-0.2, -0.15) is 0 Å². The maximum absolute atomic E-state index is 11.7. The van der Waals surface area contributed by atoms with Crippen LogP contribution in [0.1, 0.15) is 48.9 Å². The Hall–Kier alpha value is -1.07. The zero-order valence-corrected chi connectivity index (χ0v) is 15.2. The van der Waals surface area contributed by atoms with Crippen LogP contribution < -0.4 is 4.74 Å². The van der Waals surface area contributed by atoms with Gasteiger partial charge in [-0.1, -0.05) is 18.7 Å². The third-order valence-electron chi connectivity index (χ3n) is 3.71. The Labute approximate surface area is 141 Å². The molecule has 0 saturated carbocycles. The lowest BCUT2D eigenvalue weighted by Crippen LogP contribution is -2.17. The van der Waals surface area contributed by atoms with Crippen molar-refractivity contribution in [1.29, 1.82) is 0 Å². The summed E-state index contributed by atoms with van der Waals surface area (Å²) in [5.74, 6) is 0.925. The van der Waals surface area contributed by atoms with Gasteiger partial charge in [0.15, 0.2) is 10.2 Å². The van der Waals surface area contributed by atoms with Gasteiger partial charge >= 0.3 is 0 Å². The van der Waals surface area contributed by atoms with Crippen molar-refractivity contribution in [2.24, 2.45) is 0 Å². The zero-order chi connectivity index (χ0) is 16.3. The molecule has 0 aliphatic carbocycles. The van der Waals surface area contributed by atoms with E-state index in [4.69, 9.17) is 21.7 Å². The lowest BCUT2D eigenvalue weighted by molar-refractivity contribution is -0.109. The number of fused-ring (bicyclic) bond motifs is 1. The smallest absolute Gasteiger partial charge is 0.192 e. The molecule has 2 rings (SSSR count). The number of hydrogen-bond acceptors (Lipinski definition) is 5. The second-order valence-corrected chi connectivity index (χ2v) is 7.00. The Kier molecular flexibility index (Phi) is 5.87. The first-order valence-electron chi connectivity index (χ1n) is 7.61. The van der Waals surface area contributed by atoms with Crippen LogP contribution in [0.25, 0.3) is 0 Å². The Morgan fingerprint density at radius 1 is 1.36 bits per heavy atom. The van der Waals surface area contributed by atoms with Crippen LogP contribution in [0.2, 0.25) is 0 Å². The van der Waals surface area contributed by atoms with Crippen LogP contribution in [-0.2, 0) is 16.0 Å². The van der Waals surface area contributed by atoms with E-state index in [1.165, 1.54) is 17.3 Å². The van der Waals surface area contributed by atoms with Crippen LogP contribution in [0.3, 0.4) is 0 Å². The van der Waals surface area contributed by atoms with E-state index in [1.54, 1.807) is 6.92 Å². The third-order valence-corrected chi connectivity index (χ3v) is 5.04. The van der Waals surface area contributed by atoms with Gasteiger partial charge in [-0.25, -0.2) is 0 Å². The lowest BCUT2D eigenvalue weighted by atomic mass is 9.94. The van der Waals surface area contributed by atoms with Crippen LogP contribution in [0.5, 0.6) is 5.75 Å². The molecule has 0 saturated heterocycles. The number of thioether (sulfide) groups is 1. The fourth-order valence-electron chi connectivity index (χ4n) is 2.71. The van der Waals surface area contributed by atoms with Gasteiger partial charge in [-0.05, 0) is 56.5 Å². The van der Waals surface area contributed by atoms with E-state index in [0.717, 1.165) is 53.2 Å². The Morgan fingerprint density at radius 3 is 2.73 bits per heavy atom. The van der Waals surface area contributed by atoms with Crippen molar-refractivity contribution in [1.82, 2.24) is 0 Å². The summed E-state index contributed by atoms with van der Waals surface area (Å²) in [5, 5.41) is 0.516. The topological polar surface area (TPSA) is 35.5 Å². The summed E-state index contributed by atoms with van der Waals surface area (Å²) < 4.78 is 11.6. The molecule has 0 unspecified atom stereocenters. The quantitative estimate of drug-likeness (QED) is 0.602. The number of rotatable bonds is 4. The van der Waals surface area contributed by atoms with E-state index < -0.39 is 0 Å². The van der Waals surface area contributed by atoms with Gasteiger partial charge in [0, 0.05) is 22.9 Å². The van der Waals surface area contributed by atoms with Crippen molar-refractivity contribution in [2.75, 3.05) is 13.2 Å². The molecule has 0 atom stereocenters. The van der Waals surface area contributed by atoms with Crippen molar-refractivity contribution in [2.45, 2.75) is 51.9 Å². The van der Waals surface area contributed by atoms with E-state index in [1.807, 2.05) is 20.8 Å². The standard InChI is InChI=1S/C17H22O3S2/c1-5-8-20-17(21)14-11(3)15-13(7-6-9-19-15)10(2)16(14)22-12(4)18/h5-9H2,1-4H3. The monoisotopic (exact) mass is 338 g/mol. The van der Waals surface area contributed by atoms with Crippen LogP contribution >= 0.6 is 24.0 Å². The first-order valence-corrected chi connectivity index (χ1v) is 8.84. The SMILES string of the molecule is CCCOC(=S)c1c(C)c2c(c(C)c1SC(C)=O)CCCO2. The number of benzene rings is 1. The molecule has 0 bridgehead atoms. The van der Waals surface area contributed by atoms with Crippen molar-refractivity contribution < 1.29 is 14.3 Å². The first-order chi connectivity index (χ1) is 10.5. The van der Waals surface area contributed by atoms with Gasteiger partial charge in [-0.3, -0.25) is 4.79 Å². The molecule has 1 aromatic rings. The van der Waals surface area contributed by atoms with E-state index in [9.17, 15) is 4.79 Å². The average molecular weight is 338 g/mol. The molecule has 1 aliphatic rings. The van der Waals surface area contributed by atoms with Gasteiger partial charge in [0.05, 0.1) is 13.2 Å². The number of carbonyl (C=O) groups excluding carboxylic acids is 1. The molecule has 3 nitrogen and oxygen atoms in total. The Bertz CT molecular complexity index is 609. The molecule has 22 heavy (non-hydrogen) atoms. The summed E-state index contributed by atoms with van der Waals surface area (Å²) >= 11 is 6.71. The highest BCUT2D eigenvalue weighted by molar-refractivity contribution is 8.13. The largest absolute Gasteiger partial charge is 0.493 e. The van der Waals surface area contributed by atoms with Gasteiger partial charge in [0.25, 0.3) is 0 Å². The van der Waals surface area contributed by atoms with Crippen LogP contribution in [0, 0.1) is 13.8 Å². The van der Waals surface area contributed by atoms with E-state index in [0.29, 0.717) is 11.7 Å². The average Bonchev–Trinajstić information content (AvgIpc) is 2.50. The predicted molar refractivity (Wildman–Crippen MR) is 94.2 cm³/mol. The number of carbonyl (C=O) groups is 1. The summed E-state index contributed by atoms with van der Waals surface area (Å²) in [6.07, 6.45) is 2.89. The van der Waals surface area contributed by atoms with Crippen molar-refractivity contribution in [3.63, 3.8) is 0 Å². The molecule has 0 radical (unpaired) electrons. The molecule has 5 heteroatoms. The fourth-order valence-corrected chi connectivity index (χ4v) is 4.02. The first kappa shape index (κ1) is 17.3. The fraction of sp³-hybridized carbons (Fsp3) is 0.529. The third kappa shape index (κ3) is 3.46. The van der Waals surface area contributed by atoms with Crippen LogP contribution in [-0.4, -0.2) is 23.4 Å². The van der Waals surface area contributed by atoms with Crippen molar-refractivity contribution in [3.05, 3.63) is 22.3 Å². The highest BCUT2D eigenvalue weighted by atomic mass is 32.2. The lowest BCUT2D eigenvalue weighted by Gasteiger charge is -2.26. The number of ether oxygens (including phenoxy) is 2. The Balaban J connectivity index is 2.59. The number of hydrogen-bond donors (Lipinski definition) is 0. The minimum absolute atomic E-state index is 0.0544. The summed E-state index contributed by atoms with van der Waals surface area (Å²) in [4.78, 5) is 12.6. The van der Waals surface area contributed by atoms with E-state index in [-0.39, 0.29) is 5.12 Å². The predicted octanol–water partition coefficient (Wildman–Crippen LogP) is 4.37. The molecule has 1 aromatic carbocycles.